The number of ether oxygens (including phenoxy) is 1. The van der Waals surface area contributed by atoms with Gasteiger partial charge in [-0.3, -0.25) is 4.79 Å². The van der Waals surface area contributed by atoms with Crippen molar-refractivity contribution in [2.24, 2.45) is 0 Å². The van der Waals surface area contributed by atoms with E-state index in [0.29, 0.717) is 5.76 Å². The summed E-state index contributed by atoms with van der Waals surface area (Å²) in [7, 11) is 3.57. The molecule has 2 aromatic carbocycles. The Labute approximate surface area is 202 Å². The highest BCUT2D eigenvalue weighted by atomic mass is 16.5. The molecule has 9 nitrogen and oxygen atoms in total. The van der Waals surface area contributed by atoms with Crippen LogP contribution >= 0.6 is 0 Å². The third-order valence-electron chi connectivity index (χ3n) is 5.81. The summed E-state index contributed by atoms with van der Waals surface area (Å²) in [5.41, 5.74) is 4.46. The van der Waals surface area contributed by atoms with E-state index in [1.807, 2.05) is 36.4 Å². The topological polar surface area (TPSA) is 121 Å². The lowest BCUT2D eigenvalue weighted by Crippen LogP contribution is -2.51. The number of fused-ring (bicyclic) bond motifs is 3. The van der Waals surface area contributed by atoms with Gasteiger partial charge in [0.25, 0.3) is 0 Å². The molecule has 9 heteroatoms. The number of likely N-dealkylation sites (N-methyl/N-ethyl adjacent to an activating group) is 1. The number of benzene rings is 2. The average Bonchev–Trinajstić information content (AvgIpc) is 3.44. The Morgan fingerprint density at radius 3 is 2.20 bits per heavy atom. The van der Waals surface area contributed by atoms with Crippen LogP contribution in [-0.2, 0) is 16.1 Å². The van der Waals surface area contributed by atoms with E-state index in [4.69, 9.17) is 14.3 Å². The Balaban J connectivity index is 1.37. The van der Waals surface area contributed by atoms with Gasteiger partial charge in [0, 0.05) is 12.5 Å². The van der Waals surface area contributed by atoms with E-state index in [9.17, 15) is 14.4 Å². The molecule has 3 aromatic rings. The summed E-state index contributed by atoms with van der Waals surface area (Å²) < 4.78 is 10.7. The van der Waals surface area contributed by atoms with Gasteiger partial charge in [-0.1, -0.05) is 48.5 Å². The number of furan rings is 1. The van der Waals surface area contributed by atoms with Crippen molar-refractivity contribution in [1.29, 1.82) is 0 Å². The van der Waals surface area contributed by atoms with Crippen LogP contribution in [0.5, 0.6) is 0 Å². The summed E-state index contributed by atoms with van der Waals surface area (Å²) in [5, 5.41) is 14.3. The number of carboxylic acids is 1. The molecule has 182 valence electrons. The van der Waals surface area contributed by atoms with E-state index < -0.39 is 24.0 Å². The number of hydrogen-bond donors (Lipinski definition) is 3. The molecule has 0 spiro atoms. The third kappa shape index (κ3) is 5.52. The standard InChI is InChI=1S/C26H27N3O6/c1-29(2)14-22(24(30)27-13-16-11-12-23(35-16)25(31)32)28-26(33)34-15-21-19-9-5-3-7-17(19)18-8-4-6-10-20(18)21/h3-12,21-22H,13-15H2,1-2H3,(H,27,30)(H,28,33)(H,31,32). The zero-order valence-electron chi connectivity index (χ0n) is 19.5. The zero-order chi connectivity index (χ0) is 24.9. The summed E-state index contributed by atoms with van der Waals surface area (Å²) in [6, 6.07) is 18.0. The Morgan fingerprint density at radius 1 is 1.00 bits per heavy atom. The van der Waals surface area contributed by atoms with E-state index in [2.05, 4.69) is 22.8 Å². The monoisotopic (exact) mass is 477 g/mol. The molecule has 1 aromatic heterocycles. The lowest BCUT2D eigenvalue weighted by Gasteiger charge is -2.22. The minimum Gasteiger partial charge on any atom is -0.475 e. The maximum atomic E-state index is 12.7. The fraction of sp³-hybridized carbons (Fsp3) is 0.269. The number of carboxylic acid groups (broad SMARTS) is 1. The smallest absolute Gasteiger partial charge is 0.407 e. The van der Waals surface area contributed by atoms with Gasteiger partial charge in [0.05, 0.1) is 6.54 Å². The van der Waals surface area contributed by atoms with Crippen LogP contribution < -0.4 is 10.6 Å². The van der Waals surface area contributed by atoms with Crippen LogP contribution in [0.1, 0.15) is 33.4 Å². The molecular weight excluding hydrogens is 450 g/mol. The van der Waals surface area contributed by atoms with Gasteiger partial charge in [0.15, 0.2) is 0 Å². The number of nitrogens with zero attached hydrogens (tertiary/aromatic N) is 1. The minimum atomic E-state index is -1.19. The molecule has 0 aliphatic heterocycles. The molecule has 0 bridgehead atoms. The van der Waals surface area contributed by atoms with Crippen LogP contribution in [0.4, 0.5) is 4.79 Å². The first-order valence-electron chi connectivity index (χ1n) is 11.2. The second kappa shape index (κ2) is 10.4. The molecule has 2 amide bonds. The Morgan fingerprint density at radius 2 is 1.63 bits per heavy atom. The number of amides is 2. The number of carbonyl (C=O) groups excluding carboxylic acids is 2. The van der Waals surface area contributed by atoms with Crippen molar-refractivity contribution in [1.82, 2.24) is 15.5 Å². The van der Waals surface area contributed by atoms with Crippen molar-refractivity contribution >= 4 is 18.0 Å². The van der Waals surface area contributed by atoms with Crippen molar-refractivity contribution < 1.29 is 28.6 Å². The van der Waals surface area contributed by atoms with E-state index in [1.54, 1.807) is 19.0 Å². The minimum absolute atomic E-state index is 0.0115. The van der Waals surface area contributed by atoms with Crippen molar-refractivity contribution in [3.05, 3.63) is 83.3 Å². The van der Waals surface area contributed by atoms with Crippen molar-refractivity contribution in [2.45, 2.75) is 18.5 Å². The van der Waals surface area contributed by atoms with Crippen LogP contribution in [0.25, 0.3) is 11.1 Å². The maximum Gasteiger partial charge on any atom is 0.407 e. The molecule has 0 radical (unpaired) electrons. The summed E-state index contributed by atoms with van der Waals surface area (Å²) in [5.74, 6) is -1.64. The average molecular weight is 478 g/mol. The summed E-state index contributed by atoms with van der Waals surface area (Å²) >= 11 is 0. The molecule has 0 saturated carbocycles. The SMILES string of the molecule is CN(C)CC(NC(=O)OCC1c2ccccc2-c2ccccc21)C(=O)NCc1ccc(C(=O)O)o1. The van der Waals surface area contributed by atoms with Gasteiger partial charge >= 0.3 is 12.1 Å². The van der Waals surface area contributed by atoms with Gasteiger partial charge in [-0.05, 0) is 48.5 Å². The number of carbonyl (C=O) groups is 3. The molecule has 0 fully saturated rings. The molecule has 4 rings (SSSR count). The first-order chi connectivity index (χ1) is 16.8. The normalized spacial score (nSPS) is 13.1. The lowest BCUT2D eigenvalue weighted by molar-refractivity contribution is -0.123. The largest absolute Gasteiger partial charge is 0.475 e. The van der Waals surface area contributed by atoms with Crippen LogP contribution in [-0.4, -0.2) is 61.3 Å². The quantitative estimate of drug-likeness (QED) is 0.433. The highest BCUT2D eigenvalue weighted by Gasteiger charge is 2.30. The molecule has 1 aliphatic rings. The highest BCUT2D eigenvalue weighted by molar-refractivity contribution is 5.86. The fourth-order valence-corrected chi connectivity index (χ4v) is 4.23. The number of hydrogen-bond acceptors (Lipinski definition) is 6. The van der Waals surface area contributed by atoms with Crippen LogP contribution in [0.2, 0.25) is 0 Å². The lowest BCUT2D eigenvalue weighted by atomic mass is 9.98. The first-order valence-corrected chi connectivity index (χ1v) is 11.2. The van der Waals surface area contributed by atoms with Gasteiger partial charge in [-0.2, -0.15) is 0 Å². The number of nitrogens with one attached hydrogen (secondary N) is 2. The number of rotatable bonds is 9. The van der Waals surface area contributed by atoms with Gasteiger partial charge in [0.1, 0.15) is 18.4 Å². The second-order valence-corrected chi connectivity index (χ2v) is 8.57. The molecular formula is C26H27N3O6. The molecule has 1 heterocycles. The maximum absolute atomic E-state index is 12.7. The Bertz CT molecular complexity index is 1190. The predicted molar refractivity (Wildman–Crippen MR) is 128 cm³/mol. The van der Waals surface area contributed by atoms with E-state index in [1.165, 1.54) is 12.1 Å². The van der Waals surface area contributed by atoms with E-state index in [0.717, 1.165) is 22.3 Å². The predicted octanol–water partition coefficient (Wildman–Crippen LogP) is 3.06. The number of alkyl carbamates (subject to hydrolysis) is 1. The van der Waals surface area contributed by atoms with E-state index in [-0.39, 0.29) is 31.4 Å². The number of aromatic carboxylic acids is 1. The van der Waals surface area contributed by atoms with Crippen molar-refractivity contribution in [3.63, 3.8) is 0 Å². The molecule has 1 atom stereocenters. The van der Waals surface area contributed by atoms with E-state index >= 15 is 0 Å². The van der Waals surface area contributed by atoms with Crippen LogP contribution in [0.3, 0.4) is 0 Å². The van der Waals surface area contributed by atoms with Crippen LogP contribution in [0, 0.1) is 0 Å². The third-order valence-corrected chi connectivity index (χ3v) is 5.81. The summed E-state index contributed by atoms with van der Waals surface area (Å²) in [6.45, 7) is 0.373. The summed E-state index contributed by atoms with van der Waals surface area (Å²) in [4.78, 5) is 38.1. The second-order valence-electron chi connectivity index (χ2n) is 8.57. The first kappa shape index (κ1) is 24.0. The van der Waals surface area contributed by atoms with Gasteiger partial charge < -0.3 is 29.8 Å². The molecule has 3 N–H and O–H groups in total. The van der Waals surface area contributed by atoms with Crippen molar-refractivity contribution in [2.75, 3.05) is 27.2 Å². The Kier molecular flexibility index (Phi) is 7.17. The molecule has 0 saturated heterocycles. The Hall–Kier alpha value is -4.11. The summed E-state index contributed by atoms with van der Waals surface area (Å²) in [6.07, 6.45) is -0.694. The highest BCUT2D eigenvalue weighted by Crippen LogP contribution is 2.44. The molecule has 1 aliphatic carbocycles. The fourth-order valence-electron chi connectivity index (χ4n) is 4.23. The van der Waals surface area contributed by atoms with Crippen molar-refractivity contribution in [3.8, 4) is 11.1 Å². The molecule has 1 unspecified atom stereocenters. The van der Waals surface area contributed by atoms with Gasteiger partial charge in [-0.25, -0.2) is 9.59 Å². The van der Waals surface area contributed by atoms with Gasteiger partial charge in [-0.15, -0.1) is 0 Å². The van der Waals surface area contributed by atoms with Crippen LogP contribution in [0.15, 0.2) is 65.1 Å². The van der Waals surface area contributed by atoms with Gasteiger partial charge in [0.2, 0.25) is 11.7 Å². The molecule has 35 heavy (non-hydrogen) atoms. The zero-order valence-corrected chi connectivity index (χ0v) is 19.5.